The fraction of sp³-hybridized carbons (Fsp3) is 0.231. The number of fused-ring (bicyclic) bond motifs is 6. The van der Waals surface area contributed by atoms with Crippen LogP contribution in [0.25, 0.3) is 10.8 Å². The van der Waals surface area contributed by atoms with Gasteiger partial charge in [0, 0.05) is 0 Å². The summed E-state index contributed by atoms with van der Waals surface area (Å²) < 4.78 is 6.00. The third-order valence-corrected chi connectivity index (χ3v) is 7.16. The highest BCUT2D eigenvalue weighted by atomic mass is 16.5. The fourth-order valence-corrected chi connectivity index (χ4v) is 5.58. The maximum Gasteiger partial charge on any atom is 0.241 e. The molecule has 1 saturated heterocycles. The molecule has 3 aromatic carbocycles. The number of rotatable bonds is 3. The zero-order valence-electron chi connectivity index (χ0n) is 16.6. The maximum absolute atomic E-state index is 13.2. The maximum atomic E-state index is 13.2. The molecule has 0 unspecified atom stereocenters. The molecular formula is C26H21NO3. The molecule has 0 spiro atoms. The second kappa shape index (κ2) is 6.05. The van der Waals surface area contributed by atoms with Gasteiger partial charge in [-0.3, -0.25) is 9.59 Å². The van der Waals surface area contributed by atoms with Crippen LogP contribution < -0.4 is 9.64 Å². The number of nitrogens with zero attached hydrogens (tertiary/aromatic N) is 1. The standard InChI is InChI=1S/C26H21NO3/c1-26-19-8-6-18(14-19)23(26)24(28)27(25(26)29)20-9-12-21(13-10-20)30-22-11-7-16-4-2-3-5-17(16)15-22/h2-13,15,18-19,23H,14H2,1H3/t18-,19-,23+,26+/m1/s1. The van der Waals surface area contributed by atoms with E-state index in [9.17, 15) is 9.59 Å². The van der Waals surface area contributed by atoms with Gasteiger partial charge in [0.1, 0.15) is 11.5 Å². The Labute approximate surface area is 174 Å². The van der Waals surface area contributed by atoms with Gasteiger partial charge in [0.15, 0.2) is 0 Å². The van der Waals surface area contributed by atoms with Crippen molar-refractivity contribution in [2.45, 2.75) is 13.3 Å². The van der Waals surface area contributed by atoms with Crippen molar-refractivity contribution in [2.24, 2.45) is 23.2 Å². The Morgan fingerprint density at radius 3 is 2.40 bits per heavy atom. The molecule has 1 saturated carbocycles. The first kappa shape index (κ1) is 17.5. The van der Waals surface area contributed by atoms with E-state index >= 15 is 0 Å². The highest BCUT2D eigenvalue weighted by Crippen LogP contribution is 2.60. The van der Waals surface area contributed by atoms with Crippen molar-refractivity contribution >= 4 is 28.3 Å². The minimum absolute atomic E-state index is 0.0671. The minimum Gasteiger partial charge on any atom is -0.457 e. The monoisotopic (exact) mass is 395 g/mol. The number of imide groups is 1. The summed E-state index contributed by atoms with van der Waals surface area (Å²) in [6.45, 7) is 1.96. The van der Waals surface area contributed by atoms with Crippen LogP contribution in [-0.2, 0) is 9.59 Å². The van der Waals surface area contributed by atoms with Gasteiger partial charge >= 0.3 is 0 Å². The Balaban J connectivity index is 1.26. The van der Waals surface area contributed by atoms with Crippen LogP contribution in [0.1, 0.15) is 13.3 Å². The number of benzene rings is 3. The molecule has 4 atom stereocenters. The summed E-state index contributed by atoms with van der Waals surface area (Å²) in [5.74, 6) is 1.41. The quantitative estimate of drug-likeness (QED) is 0.445. The predicted octanol–water partition coefficient (Wildman–Crippen LogP) is 5.33. The van der Waals surface area contributed by atoms with Crippen LogP contribution in [0.15, 0.2) is 78.9 Å². The summed E-state index contributed by atoms with van der Waals surface area (Å²) in [6.07, 6.45) is 5.16. The topological polar surface area (TPSA) is 46.6 Å². The lowest BCUT2D eigenvalue weighted by atomic mass is 9.71. The largest absolute Gasteiger partial charge is 0.457 e. The molecule has 1 aliphatic heterocycles. The highest BCUT2D eigenvalue weighted by molar-refractivity contribution is 6.24. The summed E-state index contributed by atoms with van der Waals surface area (Å²) in [5, 5.41) is 2.27. The Hall–Kier alpha value is -3.40. The van der Waals surface area contributed by atoms with Gasteiger partial charge in [0.25, 0.3) is 0 Å². The van der Waals surface area contributed by atoms with Gasteiger partial charge in [-0.25, -0.2) is 4.90 Å². The third kappa shape index (κ3) is 2.28. The van der Waals surface area contributed by atoms with Crippen LogP contribution in [0.5, 0.6) is 11.5 Å². The first-order chi connectivity index (χ1) is 14.6. The van der Waals surface area contributed by atoms with Gasteiger partial charge in [-0.1, -0.05) is 42.5 Å². The van der Waals surface area contributed by atoms with Crippen LogP contribution in [0.3, 0.4) is 0 Å². The normalized spacial score (nSPS) is 29.1. The molecule has 2 aliphatic carbocycles. The summed E-state index contributed by atoms with van der Waals surface area (Å²) in [7, 11) is 0. The smallest absolute Gasteiger partial charge is 0.241 e. The number of hydrogen-bond acceptors (Lipinski definition) is 3. The van der Waals surface area contributed by atoms with Crippen LogP contribution in [0.2, 0.25) is 0 Å². The zero-order valence-corrected chi connectivity index (χ0v) is 16.6. The van der Waals surface area contributed by atoms with Crippen LogP contribution in [0, 0.1) is 23.2 Å². The second-order valence-corrected chi connectivity index (χ2v) is 8.74. The zero-order chi connectivity index (χ0) is 20.5. The second-order valence-electron chi connectivity index (χ2n) is 8.74. The van der Waals surface area contributed by atoms with Gasteiger partial charge in [0.05, 0.1) is 17.0 Å². The van der Waals surface area contributed by atoms with Crippen molar-refractivity contribution in [2.75, 3.05) is 4.90 Å². The molecule has 6 rings (SSSR count). The first-order valence-electron chi connectivity index (χ1n) is 10.4. The summed E-state index contributed by atoms with van der Waals surface area (Å²) in [5.41, 5.74) is 0.0161. The number of amides is 2. The summed E-state index contributed by atoms with van der Waals surface area (Å²) in [6, 6.07) is 21.3. The number of carbonyl (C=O) groups excluding carboxylic acids is 2. The Morgan fingerprint density at radius 1 is 0.900 bits per heavy atom. The van der Waals surface area contributed by atoms with Crippen molar-refractivity contribution in [3.63, 3.8) is 0 Å². The number of allylic oxidation sites excluding steroid dienone is 2. The van der Waals surface area contributed by atoms with Crippen molar-refractivity contribution in [3.05, 3.63) is 78.9 Å². The van der Waals surface area contributed by atoms with Crippen LogP contribution >= 0.6 is 0 Å². The summed E-state index contributed by atoms with van der Waals surface area (Å²) in [4.78, 5) is 27.8. The summed E-state index contributed by atoms with van der Waals surface area (Å²) >= 11 is 0. The lowest BCUT2D eigenvalue weighted by molar-refractivity contribution is -0.127. The van der Waals surface area contributed by atoms with Crippen molar-refractivity contribution in [1.29, 1.82) is 0 Å². The van der Waals surface area contributed by atoms with Gasteiger partial charge < -0.3 is 4.74 Å². The lowest BCUT2D eigenvalue weighted by Gasteiger charge is -2.28. The molecule has 4 heteroatoms. The number of hydrogen-bond donors (Lipinski definition) is 0. The number of ether oxygens (including phenoxy) is 1. The van der Waals surface area contributed by atoms with E-state index in [1.165, 1.54) is 4.90 Å². The van der Waals surface area contributed by atoms with Crippen molar-refractivity contribution in [1.82, 2.24) is 0 Å². The van der Waals surface area contributed by atoms with Crippen molar-refractivity contribution < 1.29 is 14.3 Å². The highest BCUT2D eigenvalue weighted by Gasteiger charge is 2.67. The van der Waals surface area contributed by atoms with Crippen molar-refractivity contribution in [3.8, 4) is 11.5 Å². The minimum atomic E-state index is -0.600. The van der Waals surface area contributed by atoms with E-state index in [0.29, 0.717) is 11.4 Å². The van der Waals surface area contributed by atoms with E-state index in [1.807, 2.05) is 49.4 Å². The molecule has 1 heterocycles. The first-order valence-corrected chi connectivity index (χ1v) is 10.4. The molecule has 3 aliphatic rings. The average Bonchev–Trinajstić information content (AvgIpc) is 3.40. The van der Waals surface area contributed by atoms with Gasteiger partial charge in [0.2, 0.25) is 11.8 Å². The van der Waals surface area contributed by atoms with Gasteiger partial charge in [-0.15, -0.1) is 0 Å². The molecule has 4 nitrogen and oxygen atoms in total. The molecule has 0 aromatic heterocycles. The average molecular weight is 395 g/mol. The van der Waals surface area contributed by atoms with Gasteiger partial charge in [-0.05, 0) is 72.4 Å². The Morgan fingerprint density at radius 2 is 1.63 bits per heavy atom. The molecule has 3 aromatic rings. The lowest BCUT2D eigenvalue weighted by Crippen LogP contribution is -2.37. The van der Waals surface area contributed by atoms with E-state index < -0.39 is 5.41 Å². The van der Waals surface area contributed by atoms with E-state index in [1.54, 1.807) is 12.1 Å². The predicted molar refractivity (Wildman–Crippen MR) is 115 cm³/mol. The van der Waals surface area contributed by atoms with Crippen LogP contribution in [0.4, 0.5) is 5.69 Å². The molecule has 30 heavy (non-hydrogen) atoms. The molecular weight excluding hydrogens is 374 g/mol. The third-order valence-electron chi connectivity index (χ3n) is 7.16. The Kier molecular flexibility index (Phi) is 3.52. The van der Waals surface area contributed by atoms with E-state index in [0.717, 1.165) is 22.9 Å². The SMILES string of the molecule is C[C@@]12C(=O)N(c3ccc(Oc4ccc5ccccc5c4)cc3)C(=O)[C@@H]1[C@@H]1C=C[C@@H]2C1. The Bertz CT molecular complexity index is 1230. The number of carbonyl (C=O) groups is 2. The fourth-order valence-electron chi connectivity index (χ4n) is 5.58. The molecule has 2 fully saturated rings. The molecule has 2 bridgehead atoms. The van der Waals surface area contributed by atoms with E-state index in [-0.39, 0.29) is 29.6 Å². The van der Waals surface area contributed by atoms with Gasteiger partial charge in [-0.2, -0.15) is 0 Å². The molecule has 148 valence electrons. The molecule has 0 radical (unpaired) electrons. The molecule has 0 N–H and O–H groups in total. The number of anilines is 1. The van der Waals surface area contributed by atoms with Crippen LogP contribution in [-0.4, -0.2) is 11.8 Å². The van der Waals surface area contributed by atoms with E-state index in [4.69, 9.17) is 4.74 Å². The van der Waals surface area contributed by atoms with E-state index in [2.05, 4.69) is 24.3 Å². The molecule has 2 amide bonds.